The Morgan fingerprint density at radius 3 is 2.33 bits per heavy atom. The minimum Gasteiger partial charge on any atom is -0.481 e. The van der Waals surface area contributed by atoms with Gasteiger partial charge in [-0.25, -0.2) is 8.42 Å². The van der Waals surface area contributed by atoms with E-state index in [9.17, 15) is 23.1 Å². The van der Waals surface area contributed by atoms with Gasteiger partial charge in [0.05, 0.1) is 22.4 Å². The molecule has 0 aromatic heterocycles. The fraction of sp³-hybridized carbons (Fsp3) is 0.273. The normalized spacial score (nSPS) is 20.6. The number of nitrogens with one attached hydrogen (secondary N) is 1. The highest BCUT2D eigenvalue weighted by atomic mass is 32.2. The Balaban J connectivity index is 1.50. The Morgan fingerprint density at radius 1 is 0.967 bits per heavy atom. The molecule has 2 N–H and O–H groups in total. The zero-order valence-corrected chi connectivity index (χ0v) is 17.0. The third kappa shape index (κ3) is 3.70. The molecule has 0 unspecified atom stereocenters. The highest BCUT2D eigenvalue weighted by Crippen LogP contribution is 2.33. The Morgan fingerprint density at radius 2 is 1.63 bits per heavy atom. The second-order valence-electron chi connectivity index (χ2n) is 7.46. The van der Waals surface area contributed by atoms with E-state index in [-0.39, 0.29) is 10.8 Å². The van der Waals surface area contributed by atoms with Gasteiger partial charge in [0.1, 0.15) is 0 Å². The Bertz CT molecular complexity index is 1110. The van der Waals surface area contributed by atoms with E-state index in [1.54, 1.807) is 12.1 Å². The molecule has 0 spiro atoms. The molecular weight excluding hydrogens is 404 g/mol. The van der Waals surface area contributed by atoms with Gasteiger partial charge in [-0.1, -0.05) is 30.4 Å². The maximum absolute atomic E-state index is 13.1. The number of aliphatic carboxylic acids is 1. The number of benzene rings is 2. The number of para-hydroxylation sites is 1. The number of hydrogen-bond donors (Lipinski definition) is 2. The van der Waals surface area contributed by atoms with Crippen LogP contribution < -0.4 is 9.62 Å². The molecule has 2 aliphatic rings. The van der Waals surface area contributed by atoms with Gasteiger partial charge in [0, 0.05) is 12.2 Å². The lowest BCUT2D eigenvalue weighted by molar-refractivity contribution is -0.146. The molecule has 1 aliphatic carbocycles. The summed E-state index contributed by atoms with van der Waals surface area (Å²) in [6, 6.07) is 13.4. The van der Waals surface area contributed by atoms with Crippen LogP contribution in [-0.4, -0.2) is 31.9 Å². The summed E-state index contributed by atoms with van der Waals surface area (Å²) in [6.45, 7) is 0.395. The Kier molecular flexibility index (Phi) is 5.34. The van der Waals surface area contributed by atoms with Crippen LogP contribution in [0.4, 0.5) is 11.4 Å². The summed E-state index contributed by atoms with van der Waals surface area (Å²) < 4.78 is 27.5. The first-order valence-electron chi connectivity index (χ1n) is 9.77. The highest BCUT2D eigenvalue weighted by Gasteiger charge is 2.34. The van der Waals surface area contributed by atoms with Crippen LogP contribution in [-0.2, 0) is 26.0 Å². The zero-order chi connectivity index (χ0) is 21.3. The van der Waals surface area contributed by atoms with Gasteiger partial charge in [0.2, 0.25) is 5.91 Å². The summed E-state index contributed by atoms with van der Waals surface area (Å²) in [5.41, 5.74) is 2.12. The number of carboxylic acid groups (broad SMARTS) is 1. The molecule has 4 rings (SSSR count). The van der Waals surface area contributed by atoms with Gasteiger partial charge in [-0.2, -0.15) is 0 Å². The summed E-state index contributed by atoms with van der Waals surface area (Å²) in [5, 5.41) is 12.1. The van der Waals surface area contributed by atoms with Crippen LogP contribution in [0.5, 0.6) is 0 Å². The summed E-state index contributed by atoms with van der Waals surface area (Å²) >= 11 is 0. The van der Waals surface area contributed by atoms with Gasteiger partial charge in [-0.05, 0) is 55.2 Å². The number of carbonyl (C=O) groups excluding carboxylic acids is 1. The molecule has 0 radical (unpaired) electrons. The molecule has 0 saturated heterocycles. The number of rotatable bonds is 5. The topological polar surface area (TPSA) is 104 Å². The van der Waals surface area contributed by atoms with E-state index in [1.807, 2.05) is 24.3 Å². The van der Waals surface area contributed by atoms with E-state index in [4.69, 9.17) is 0 Å². The minimum absolute atomic E-state index is 0.140. The van der Waals surface area contributed by atoms with Crippen molar-refractivity contribution in [3.8, 4) is 0 Å². The third-order valence-electron chi connectivity index (χ3n) is 5.64. The predicted octanol–water partition coefficient (Wildman–Crippen LogP) is 3.04. The molecule has 8 heteroatoms. The molecule has 7 nitrogen and oxygen atoms in total. The molecule has 1 aliphatic heterocycles. The monoisotopic (exact) mass is 426 g/mol. The molecular formula is C22H22N2O5S. The maximum atomic E-state index is 13.1. The number of sulfonamides is 1. The summed E-state index contributed by atoms with van der Waals surface area (Å²) in [5.74, 6) is -2.79. The van der Waals surface area contributed by atoms with Crippen molar-refractivity contribution < 1.29 is 23.1 Å². The standard InChI is InChI=1S/C22H22N2O5S/c25-21(18-6-2-3-7-19(18)22(26)27)23-16-9-11-17(12-10-16)30(28,29)24-14-13-15-5-1-4-8-20(15)24/h1-5,8-12,18-19H,6-7,13-14H2,(H,23,25)(H,26,27)/t18-,19-/m0/s1. The molecule has 2 aromatic rings. The molecule has 0 saturated carbocycles. The number of carbonyl (C=O) groups is 2. The lowest BCUT2D eigenvalue weighted by atomic mass is 9.82. The molecule has 30 heavy (non-hydrogen) atoms. The summed E-state index contributed by atoms with van der Waals surface area (Å²) in [4.78, 5) is 24.1. The van der Waals surface area contributed by atoms with Crippen LogP contribution in [0.2, 0.25) is 0 Å². The Hall–Kier alpha value is -3.13. The molecule has 2 atom stereocenters. The van der Waals surface area contributed by atoms with Crippen molar-refractivity contribution in [2.24, 2.45) is 11.8 Å². The minimum atomic E-state index is -3.70. The van der Waals surface area contributed by atoms with Gasteiger partial charge in [-0.15, -0.1) is 0 Å². The van der Waals surface area contributed by atoms with Crippen LogP contribution in [0.25, 0.3) is 0 Å². The zero-order valence-electron chi connectivity index (χ0n) is 16.2. The first-order valence-corrected chi connectivity index (χ1v) is 11.2. The van der Waals surface area contributed by atoms with Gasteiger partial charge in [0.15, 0.2) is 0 Å². The van der Waals surface area contributed by atoms with Crippen molar-refractivity contribution in [2.75, 3.05) is 16.2 Å². The van der Waals surface area contributed by atoms with Crippen molar-refractivity contribution in [2.45, 2.75) is 24.2 Å². The van der Waals surface area contributed by atoms with E-state index >= 15 is 0 Å². The van der Waals surface area contributed by atoms with Crippen molar-refractivity contribution in [3.05, 3.63) is 66.2 Å². The largest absolute Gasteiger partial charge is 0.481 e. The molecule has 0 bridgehead atoms. The van der Waals surface area contributed by atoms with E-state index < -0.39 is 27.8 Å². The van der Waals surface area contributed by atoms with Crippen LogP contribution in [0, 0.1) is 11.8 Å². The number of hydrogen-bond acceptors (Lipinski definition) is 4. The van der Waals surface area contributed by atoms with Crippen LogP contribution in [0.3, 0.4) is 0 Å². The Labute approximate surface area is 175 Å². The summed E-state index contributed by atoms with van der Waals surface area (Å²) in [6.07, 6.45) is 4.95. The lowest BCUT2D eigenvalue weighted by Gasteiger charge is -2.24. The van der Waals surface area contributed by atoms with Crippen LogP contribution >= 0.6 is 0 Å². The molecule has 156 valence electrons. The fourth-order valence-corrected chi connectivity index (χ4v) is 5.51. The third-order valence-corrected chi connectivity index (χ3v) is 7.47. The predicted molar refractivity (Wildman–Crippen MR) is 113 cm³/mol. The molecule has 0 fully saturated rings. The number of carboxylic acids is 1. The van der Waals surface area contributed by atoms with Crippen LogP contribution in [0.15, 0.2) is 65.6 Å². The molecule has 1 amide bonds. The number of anilines is 2. The van der Waals surface area contributed by atoms with Gasteiger partial charge >= 0.3 is 5.97 Å². The van der Waals surface area contributed by atoms with E-state index in [1.165, 1.54) is 28.6 Å². The molecule has 2 aromatic carbocycles. The van der Waals surface area contributed by atoms with Crippen molar-refractivity contribution >= 4 is 33.3 Å². The fourth-order valence-electron chi connectivity index (χ4n) is 4.01. The van der Waals surface area contributed by atoms with Crippen molar-refractivity contribution in [1.29, 1.82) is 0 Å². The van der Waals surface area contributed by atoms with E-state index in [2.05, 4.69) is 5.32 Å². The first kappa shape index (κ1) is 20.2. The van der Waals surface area contributed by atoms with E-state index in [0.29, 0.717) is 37.2 Å². The second kappa shape index (κ2) is 7.95. The SMILES string of the molecule is O=C(O)[C@H]1CC=CC[C@@H]1C(=O)Nc1ccc(S(=O)(=O)N2CCc3ccccc32)cc1. The number of fused-ring (bicyclic) bond motifs is 1. The maximum Gasteiger partial charge on any atom is 0.307 e. The van der Waals surface area contributed by atoms with Crippen LogP contribution in [0.1, 0.15) is 18.4 Å². The highest BCUT2D eigenvalue weighted by molar-refractivity contribution is 7.92. The first-order chi connectivity index (χ1) is 14.4. The van der Waals surface area contributed by atoms with Gasteiger partial charge in [0.25, 0.3) is 10.0 Å². The second-order valence-corrected chi connectivity index (χ2v) is 9.33. The van der Waals surface area contributed by atoms with Crippen molar-refractivity contribution in [1.82, 2.24) is 0 Å². The lowest BCUT2D eigenvalue weighted by Crippen LogP contribution is -2.34. The van der Waals surface area contributed by atoms with Gasteiger partial charge in [-0.3, -0.25) is 13.9 Å². The van der Waals surface area contributed by atoms with Crippen molar-refractivity contribution in [3.63, 3.8) is 0 Å². The quantitative estimate of drug-likeness (QED) is 0.715. The average Bonchev–Trinajstić information content (AvgIpc) is 3.19. The average molecular weight is 426 g/mol. The summed E-state index contributed by atoms with van der Waals surface area (Å²) in [7, 11) is -3.70. The van der Waals surface area contributed by atoms with E-state index in [0.717, 1.165) is 5.56 Å². The smallest absolute Gasteiger partial charge is 0.307 e. The molecule has 1 heterocycles. The number of allylic oxidation sites excluding steroid dienone is 2. The number of amides is 1. The number of nitrogens with zero attached hydrogens (tertiary/aromatic N) is 1. The van der Waals surface area contributed by atoms with Gasteiger partial charge < -0.3 is 10.4 Å².